The van der Waals surface area contributed by atoms with E-state index in [9.17, 15) is 18.0 Å². The number of fused-ring (bicyclic) bond motifs is 1. The smallest absolute Gasteiger partial charge is 0.268 e. The second-order valence-electron chi connectivity index (χ2n) is 9.06. The Kier molecular flexibility index (Phi) is 5.83. The fraction of sp³-hybridized carbons (Fsp3) is 0.0667. The maximum Gasteiger partial charge on any atom is 0.416 e. The zero-order chi connectivity index (χ0) is 27.1. The molecule has 9 heteroatoms. The van der Waals surface area contributed by atoms with Crippen molar-refractivity contribution in [3.8, 4) is 28.3 Å². The van der Waals surface area contributed by atoms with Gasteiger partial charge in [-0.15, -0.1) is 0 Å². The van der Waals surface area contributed by atoms with Crippen LogP contribution in [0.3, 0.4) is 0 Å². The van der Waals surface area contributed by atoms with E-state index < -0.39 is 11.7 Å². The number of imidazole rings is 1. The Labute approximate surface area is 221 Å². The molecule has 0 aliphatic carbocycles. The number of rotatable bonds is 4. The first kappa shape index (κ1) is 24.3. The standard InChI is InChI=1S/C30H20F3N5O/c1-19-15-21(17-34-16-19)29(39)38-26-10-6-5-9-25(26)35-28(38)24-18-37(23-7-3-2-4-8-23)36-27(24)20-11-13-22(14-12-20)30(31,32)33/h2-18H,1H3. The zero-order valence-corrected chi connectivity index (χ0v) is 20.6. The molecule has 0 aliphatic heterocycles. The number of hydrogen-bond acceptors (Lipinski definition) is 4. The van der Waals surface area contributed by atoms with Crippen LogP contribution in [-0.4, -0.2) is 30.2 Å². The number of aryl methyl sites for hydroxylation is 1. The number of pyridine rings is 1. The normalized spacial score (nSPS) is 11.7. The van der Waals surface area contributed by atoms with Crippen LogP contribution in [0.25, 0.3) is 39.4 Å². The lowest BCUT2D eigenvalue weighted by atomic mass is 10.1. The number of alkyl halides is 3. The third-order valence-electron chi connectivity index (χ3n) is 6.35. The molecule has 192 valence electrons. The molecule has 0 radical (unpaired) electrons. The highest BCUT2D eigenvalue weighted by atomic mass is 19.4. The Balaban J connectivity index is 1.60. The molecular weight excluding hydrogens is 503 g/mol. The number of benzene rings is 3. The first-order valence-corrected chi connectivity index (χ1v) is 12.1. The second kappa shape index (κ2) is 9.36. The predicted molar refractivity (Wildman–Crippen MR) is 141 cm³/mol. The Hall–Kier alpha value is -5.05. The molecule has 3 heterocycles. The molecule has 0 saturated heterocycles. The quantitative estimate of drug-likeness (QED) is 0.250. The van der Waals surface area contributed by atoms with E-state index in [1.54, 1.807) is 35.3 Å². The lowest BCUT2D eigenvalue weighted by Gasteiger charge is -2.10. The highest BCUT2D eigenvalue weighted by molar-refractivity contribution is 6.04. The summed E-state index contributed by atoms with van der Waals surface area (Å²) in [5, 5.41) is 4.73. The number of halogens is 3. The Morgan fingerprint density at radius 2 is 1.59 bits per heavy atom. The van der Waals surface area contributed by atoms with Crippen molar-refractivity contribution in [1.29, 1.82) is 0 Å². The van der Waals surface area contributed by atoms with Gasteiger partial charge in [0.2, 0.25) is 0 Å². The van der Waals surface area contributed by atoms with Crippen LogP contribution in [-0.2, 0) is 6.18 Å². The molecule has 0 bridgehead atoms. The largest absolute Gasteiger partial charge is 0.416 e. The molecule has 0 N–H and O–H groups in total. The maximum atomic E-state index is 13.9. The van der Waals surface area contributed by atoms with Crippen LogP contribution >= 0.6 is 0 Å². The SMILES string of the molecule is Cc1cncc(C(=O)n2c(-c3cn(-c4ccccc4)nc3-c3ccc(C(F)(F)F)cc3)nc3ccccc32)c1. The van der Waals surface area contributed by atoms with Crippen molar-refractivity contribution in [2.45, 2.75) is 13.1 Å². The summed E-state index contributed by atoms with van der Waals surface area (Å²) in [6.45, 7) is 1.85. The molecule has 3 aromatic carbocycles. The average Bonchev–Trinajstić information content (AvgIpc) is 3.55. The monoisotopic (exact) mass is 523 g/mol. The van der Waals surface area contributed by atoms with Crippen molar-refractivity contribution < 1.29 is 18.0 Å². The van der Waals surface area contributed by atoms with Crippen LogP contribution in [0.2, 0.25) is 0 Å². The molecule has 0 atom stereocenters. The molecule has 39 heavy (non-hydrogen) atoms. The minimum Gasteiger partial charge on any atom is -0.268 e. The van der Waals surface area contributed by atoms with Crippen LogP contribution < -0.4 is 0 Å². The Morgan fingerprint density at radius 3 is 2.31 bits per heavy atom. The lowest BCUT2D eigenvalue weighted by Crippen LogP contribution is -2.14. The van der Waals surface area contributed by atoms with Gasteiger partial charge in [-0.05, 0) is 55.0 Å². The zero-order valence-electron chi connectivity index (χ0n) is 20.6. The molecule has 0 amide bonds. The molecule has 6 nitrogen and oxygen atoms in total. The molecule has 0 fully saturated rings. The average molecular weight is 524 g/mol. The van der Waals surface area contributed by atoms with Gasteiger partial charge >= 0.3 is 6.18 Å². The number of nitrogens with zero attached hydrogens (tertiary/aromatic N) is 5. The Bertz CT molecular complexity index is 1820. The number of para-hydroxylation sites is 3. The summed E-state index contributed by atoms with van der Waals surface area (Å²) in [5.41, 5.74) is 3.70. The first-order chi connectivity index (χ1) is 18.8. The van der Waals surface area contributed by atoms with Gasteiger partial charge in [0, 0.05) is 24.2 Å². The molecule has 0 aliphatic rings. The summed E-state index contributed by atoms with van der Waals surface area (Å²) in [6.07, 6.45) is 0.434. The summed E-state index contributed by atoms with van der Waals surface area (Å²) in [5.74, 6) is -0.0134. The van der Waals surface area contributed by atoms with Crippen molar-refractivity contribution >= 4 is 16.9 Å². The molecular formula is C30H20F3N5O. The van der Waals surface area contributed by atoms with E-state index in [0.29, 0.717) is 39.2 Å². The van der Waals surface area contributed by atoms with Crippen molar-refractivity contribution in [2.75, 3.05) is 0 Å². The van der Waals surface area contributed by atoms with Crippen LogP contribution in [0.5, 0.6) is 0 Å². The van der Waals surface area contributed by atoms with E-state index in [4.69, 9.17) is 10.1 Å². The van der Waals surface area contributed by atoms with E-state index in [-0.39, 0.29) is 5.91 Å². The van der Waals surface area contributed by atoms with Gasteiger partial charge in [-0.25, -0.2) is 9.67 Å². The molecule has 0 saturated carbocycles. The highest BCUT2D eigenvalue weighted by Gasteiger charge is 2.31. The van der Waals surface area contributed by atoms with Gasteiger partial charge in [0.15, 0.2) is 5.82 Å². The third kappa shape index (κ3) is 4.48. The van der Waals surface area contributed by atoms with Crippen LogP contribution in [0.15, 0.2) is 104 Å². The molecule has 6 rings (SSSR count). The van der Waals surface area contributed by atoms with Gasteiger partial charge in [0.1, 0.15) is 5.69 Å². The molecule has 3 aromatic heterocycles. The number of carbonyl (C=O) groups is 1. The maximum absolute atomic E-state index is 13.9. The van der Waals surface area contributed by atoms with Crippen molar-refractivity contribution in [1.82, 2.24) is 24.3 Å². The summed E-state index contributed by atoms with van der Waals surface area (Å²) in [7, 11) is 0. The fourth-order valence-corrected chi connectivity index (χ4v) is 4.49. The second-order valence-corrected chi connectivity index (χ2v) is 9.06. The van der Waals surface area contributed by atoms with Crippen LogP contribution in [0, 0.1) is 6.92 Å². The van der Waals surface area contributed by atoms with Gasteiger partial charge in [-0.3, -0.25) is 14.3 Å². The van der Waals surface area contributed by atoms with Gasteiger partial charge in [0.25, 0.3) is 5.91 Å². The first-order valence-electron chi connectivity index (χ1n) is 12.1. The van der Waals surface area contributed by atoms with Gasteiger partial charge in [-0.1, -0.05) is 42.5 Å². The van der Waals surface area contributed by atoms with E-state index in [2.05, 4.69) is 4.98 Å². The van der Waals surface area contributed by atoms with Crippen molar-refractivity contribution in [3.63, 3.8) is 0 Å². The van der Waals surface area contributed by atoms with Gasteiger partial charge < -0.3 is 0 Å². The van der Waals surface area contributed by atoms with E-state index >= 15 is 0 Å². The molecule has 0 unspecified atom stereocenters. The number of aromatic nitrogens is 5. The fourth-order valence-electron chi connectivity index (χ4n) is 4.49. The van der Waals surface area contributed by atoms with Crippen molar-refractivity contribution in [2.24, 2.45) is 0 Å². The van der Waals surface area contributed by atoms with Gasteiger partial charge in [-0.2, -0.15) is 18.3 Å². The van der Waals surface area contributed by atoms with Gasteiger partial charge in [0.05, 0.1) is 33.4 Å². The molecule has 0 spiro atoms. The third-order valence-corrected chi connectivity index (χ3v) is 6.35. The van der Waals surface area contributed by atoms with E-state index in [0.717, 1.165) is 23.4 Å². The van der Waals surface area contributed by atoms with Crippen LogP contribution in [0.1, 0.15) is 21.5 Å². The number of carbonyl (C=O) groups excluding carboxylic acids is 1. The predicted octanol–water partition coefficient (Wildman–Crippen LogP) is 6.97. The summed E-state index contributed by atoms with van der Waals surface area (Å²) in [4.78, 5) is 22.8. The highest BCUT2D eigenvalue weighted by Crippen LogP contribution is 2.36. The number of hydrogen-bond donors (Lipinski definition) is 0. The Morgan fingerprint density at radius 1 is 0.872 bits per heavy atom. The minimum atomic E-state index is -4.47. The minimum absolute atomic E-state index is 0.319. The molecule has 6 aromatic rings. The summed E-state index contributed by atoms with van der Waals surface area (Å²) in [6, 6.07) is 23.1. The van der Waals surface area contributed by atoms with Crippen LogP contribution in [0.4, 0.5) is 13.2 Å². The summed E-state index contributed by atoms with van der Waals surface area (Å²) < 4.78 is 42.9. The topological polar surface area (TPSA) is 65.6 Å². The van der Waals surface area contributed by atoms with E-state index in [1.807, 2.05) is 49.4 Å². The summed E-state index contributed by atoms with van der Waals surface area (Å²) >= 11 is 0. The van der Waals surface area contributed by atoms with Crippen molar-refractivity contribution in [3.05, 3.63) is 120 Å². The van der Waals surface area contributed by atoms with E-state index in [1.165, 1.54) is 22.9 Å². The lowest BCUT2D eigenvalue weighted by molar-refractivity contribution is -0.137.